The molecule has 0 aliphatic carbocycles. The van der Waals surface area contributed by atoms with Gasteiger partial charge < -0.3 is 15.8 Å². The second-order valence-corrected chi connectivity index (χ2v) is 5.78. The number of pyridine rings is 1. The van der Waals surface area contributed by atoms with E-state index in [-0.39, 0.29) is 17.3 Å². The molecule has 0 aromatic carbocycles. The Kier molecular flexibility index (Phi) is 5.75. The number of ether oxygens (including phenoxy) is 1. The molecule has 19 heavy (non-hydrogen) atoms. The topological polar surface area (TPSA) is 94.3 Å². The summed E-state index contributed by atoms with van der Waals surface area (Å²) < 4.78 is 15.7. The standard InChI is InChI=1S/C12H19N3O3S/c1-8(5-7-19(3)17)15-11-10(13)9(4-6-14-11)12(16)18-2/h4,6,8H,5,7,13H2,1-3H3,(H,14,15). The van der Waals surface area contributed by atoms with E-state index in [1.165, 1.54) is 19.4 Å². The molecule has 1 aromatic heterocycles. The normalized spacial score (nSPS) is 13.6. The lowest BCUT2D eigenvalue weighted by Gasteiger charge is -2.16. The summed E-state index contributed by atoms with van der Waals surface area (Å²) in [6.07, 6.45) is 3.89. The number of carbonyl (C=O) groups excluding carboxylic acids is 1. The van der Waals surface area contributed by atoms with Gasteiger partial charge in [0.1, 0.15) is 5.82 Å². The van der Waals surface area contributed by atoms with Crippen molar-refractivity contribution < 1.29 is 13.7 Å². The van der Waals surface area contributed by atoms with Crippen LogP contribution in [0.15, 0.2) is 12.3 Å². The first-order valence-electron chi connectivity index (χ1n) is 5.85. The fraction of sp³-hybridized carbons (Fsp3) is 0.500. The molecule has 2 unspecified atom stereocenters. The fourth-order valence-electron chi connectivity index (χ4n) is 1.52. The van der Waals surface area contributed by atoms with Crippen LogP contribution in [0, 0.1) is 0 Å². The number of rotatable bonds is 6. The highest BCUT2D eigenvalue weighted by atomic mass is 32.2. The average molecular weight is 285 g/mol. The van der Waals surface area contributed by atoms with Crippen molar-refractivity contribution in [2.24, 2.45) is 0 Å². The summed E-state index contributed by atoms with van der Waals surface area (Å²) >= 11 is 0. The number of nitrogens with zero attached hydrogens (tertiary/aromatic N) is 1. The molecule has 2 atom stereocenters. The molecule has 0 radical (unpaired) electrons. The molecule has 1 rings (SSSR count). The predicted octanol–water partition coefficient (Wildman–Crippen LogP) is 1.02. The van der Waals surface area contributed by atoms with Gasteiger partial charge in [0.15, 0.2) is 0 Å². The predicted molar refractivity (Wildman–Crippen MR) is 76.6 cm³/mol. The summed E-state index contributed by atoms with van der Waals surface area (Å²) in [5.41, 5.74) is 6.42. The van der Waals surface area contributed by atoms with Crippen molar-refractivity contribution in [1.82, 2.24) is 4.98 Å². The van der Waals surface area contributed by atoms with Crippen LogP contribution in [0.4, 0.5) is 11.5 Å². The number of esters is 1. The SMILES string of the molecule is COC(=O)c1ccnc(NC(C)CCS(C)=O)c1N. The maximum Gasteiger partial charge on any atom is 0.340 e. The number of anilines is 2. The lowest BCUT2D eigenvalue weighted by molar-refractivity contribution is 0.0602. The molecule has 0 aliphatic heterocycles. The lowest BCUT2D eigenvalue weighted by Crippen LogP contribution is -2.20. The van der Waals surface area contributed by atoms with Crippen molar-refractivity contribution in [2.75, 3.05) is 30.2 Å². The number of hydrogen-bond acceptors (Lipinski definition) is 6. The van der Waals surface area contributed by atoms with Gasteiger partial charge in [0.25, 0.3) is 0 Å². The second-order valence-electron chi connectivity index (χ2n) is 4.22. The second kappa shape index (κ2) is 7.08. The zero-order valence-corrected chi connectivity index (χ0v) is 12.1. The molecule has 1 aromatic rings. The van der Waals surface area contributed by atoms with E-state index >= 15 is 0 Å². The highest BCUT2D eigenvalue weighted by Crippen LogP contribution is 2.21. The van der Waals surface area contributed by atoms with E-state index in [0.29, 0.717) is 11.6 Å². The van der Waals surface area contributed by atoms with Gasteiger partial charge in [-0.1, -0.05) is 0 Å². The highest BCUT2D eigenvalue weighted by Gasteiger charge is 2.15. The van der Waals surface area contributed by atoms with Crippen molar-refractivity contribution in [2.45, 2.75) is 19.4 Å². The Morgan fingerprint density at radius 3 is 2.89 bits per heavy atom. The molecule has 0 saturated carbocycles. The Bertz CT molecular complexity index is 479. The Balaban J connectivity index is 2.78. The summed E-state index contributed by atoms with van der Waals surface area (Å²) in [5, 5.41) is 3.11. The molecule has 6 nitrogen and oxygen atoms in total. The molecule has 0 saturated heterocycles. The molecule has 1 heterocycles. The molecular formula is C12H19N3O3S. The molecule has 0 aliphatic rings. The Morgan fingerprint density at radius 1 is 1.63 bits per heavy atom. The molecule has 106 valence electrons. The van der Waals surface area contributed by atoms with Crippen LogP contribution < -0.4 is 11.1 Å². The van der Waals surface area contributed by atoms with Crippen LogP contribution in [0.2, 0.25) is 0 Å². The summed E-state index contributed by atoms with van der Waals surface area (Å²) in [6.45, 7) is 1.94. The molecule has 3 N–H and O–H groups in total. The molecule has 7 heteroatoms. The van der Waals surface area contributed by atoms with E-state index in [4.69, 9.17) is 5.73 Å². The molecule has 0 bridgehead atoms. The van der Waals surface area contributed by atoms with Gasteiger partial charge in [0.05, 0.1) is 18.4 Å². The van der Waals surface area contributed by atoms with E-state index < -0.39 is 16.8 Å². The number of hydrogen-bond donors (Lipinski definition) is 2. The number of nitrogen functional groups attached to an aromatic ring is 1. The van der Waals surface area contributed by atoms with E-state index in [1.54, 1.807) is 6.26 Å². The van der Waals surface area contributed by atoms with Crippen molar-refractivity contribution in [3.63, 3.8) is 0 Å². The average Bonchev–Trinajstić information content (AvgIpc) is 2.38. The molecule has 0 spiro atoms. The smallest absolute Gasteiger partial charge is 0.340 e. The molecular weight excluding hydrogens is 266 g/mol. The van der Waals surface area contributed by atoms with Crippen molar-refractivity contribution >= 4 is 28.3 Å². The molecule has 0 amide bonds. The Morgan fingerprint density at radius 2 is 2.32 bits per heavy atom. The number of methoxy groups -OCH3 is 1. The quantitative estimate of drug-likeness (QED) is 0.758. The van der Waals surface area contributed by atoms with Crippen molar-refractivity contribution in [3.8, 4) is 0 Å². The monoisotopic (exact) mass is 285 g/mol. The molecule has 0 fully saturated rings. The largest absolute Gasteiger partial charge is 0.465 e. The maximum atomic E-state index is 11.5. The maximum absolute atomic E-state index is 11.5. The van der Waals surface area contributed by atoms with Crippen LogP contribution in [0.25, 0.3) is 0 Å². The van der Waals surface area contributed by atoms with Crippen molar-refractivity contribution in [3.05, 3.63) is 17.8 Å². The van der Waals surface area contributed by atoms with Gasteiger partial charge in [-0.2, -0.15) is 0 Å². The highest BCUT2D eigenvalue weighted by molar-refractivity contribution is 7.84. The van der Waals surface area contributed by atoms with Gasteiger partial charge in [-0.3, -0.25) is 4.21 Å². The number of nitrogens with one attached hydrogen (secondary N) is 1. The van der Waals surface area contributed by atoms with Crippen LogP contribution in [-0.2, 0) is 15.5 Å². The van der Waals surface area contributed by atoms with Gasteiger partial charge >= 0.3 is 5.97 Å². The van der Waals surface area contributed by atoms with Gasteiger partial charge in [0, 0.05) is 35.0 Å². The number of aromatic nitrogens is 1. The number of nitrogens with two attached hydrogens (primary N) is 1. The summed E-state index contributed by atoms with van der Waals surface area (Å²) in [5.74, 6) is 0.549. The third-order valence-electron chi connectivity index (χ3n) is 2.62. The van der Waals surface area contributed by atoms with E-state index in [9.17, 15) is 9.00 Å². The number of carbonyl (C=O) groups is 1. The van der Waals surface area contributed by atoms with E-state index in [1.807, 2.05) is 6.92 Å². The third kappa shape index (κ3) is 4.51. The Hall–Kier alpha value is -1.63. The first-order valence-corrected chi connectivity index (χ1v) is 7.57. The zero-order valence-electron chi connectivity index (χ0n) is 11.3. The van der Waals surface area contributed by atoms with Crippen LogP contribution in [0.5, 0.6) is 0 Å². The zero-order chi connectivity index (χ0) is 14.4. The van der Waals surface area contributed by atoms with Crippen LogP contribution in [0.1, 0.15) is 23.7 Å². The van der Waals surface area contributed by atoms with Crippen LogP contribution in [-0.4, -0.2) is 40.3 Å². The van der Waals surface area contributed by atoms with Gasteiger partial charge in [-0.15, -0.1) is 0 Å². The first-order chi connectivity index (χ1) is 8.95. The summed E-state index contributed by atoms with van der Waals surface area (Å²) in [6, 6.07) is 1.57. The first kappa shape index (κ1) is 15.4. The van der Waals surface area contributed by atoms with Crippen LogP contribution >= 0.6 is 0 Å². The van der Waals surface area contributed by atoms with Crippen LogP contribution in [0.3, 0.4) is 0 Å². The minimum absolute atomic E-state index is 0.0617. The van der Waals surface area contributed by atoms with Gasteiger partial charge in [-0.25, -0.2) is 9.78 Å². The van der Waals surface area contributed by atoms with Crippen molar-refractivity contribution in [1.29, 1.82) is 0 Å². The Labute approximate surface area is 115 Å². The minimum atomic E-state index is -0.828. The lowest BCUT2D eigenvalue weighted by atomic mass is 10.2. The summed E-state index contributed by atoms with van der Waals surface area (Å²) in [4.78, 5) is 15.6. The van der Waals surface area contributed by atoms with Gasteiger partial charge in [0.2, 0.25) is 0 Å². The fourth-order valence-corrected chi connectivity index (χ4v) is 2.21. The van der Waals surface area contributed by atoms with E-state index in [2.05, 4.69) is 15.0 Å². The van der Waals surface area contributed by atoms with E-state index in [0.717, 1.165) is 6.42 Å². The third-order valence-corrected chi connectivity index (χ3v) is 3.43. The van der Waals surface area contributed by atoms with Gasteiger partial charge in [-0.05, 0) is 19.4 Å². The minimum Gasteiger partial charge on any atom is -0.465 e. The summed E-state index contributed by atoms with van der Waals surface area (Å²) in [7, 11) is 0.472.